The lowest BCUT2D eigenvalue weighted by Gasteiger charge is -2.30. The largest absolute Gasteiger partial charge is 0.326 e. The van der Waals surface area contributed by atoms with Crippen LogP contribution in [0.3, 0.4) is 0 Å². The summed E-state index contributed by atoms with van der Waals surface area (Å²) in [6.45, 7) is 0.908. The van der Waals surface area contributed by atoms with Crippen molar-refractivity contribution in [2.75, 3.05) is 16.8 Å². The van der Waals surface area contributed by atoms with E-state index in [-0.39, 0.29) is 5.91 Å². The molecule has 1 amide bonds. The number of nitrogens with one attached hydrogen (secondary N) is 1. The van der Waals surface area contributed by atoms with Crippen LogP contribution in [0.15, 0.2) is 66.9 Å². The zero-order chi connectivity index (χ0) is 18.6. The Hall–Kier alpha value is -3.65. The van der Waals surface area contributed by atoms with E-state index >= 15 is 0 Å². The Balaban J connectivity index is 1.55. The van der Waals surface area contributed by atoms with E-state index in [9.17, 15) is 4.79 Å². The predicted octanol–water partition coefficient (Wildman–Crippen LogP) is 4.29. The fraction of sp³-hybridized carbons (Fsp3) is 0.136. The van der Waals surface area contributed by atoms with Crippen LogP contribution in [0, 0.1) is 11.3 Å². The SMILES string of the molecule is N#Cc1ccccc1NC(=O)c1ccc(N2CCCc3ccccc32)nc1. The van der Waals surface area contributed by atoms with Gasteiger partial charge in [-0.15, -0.1) is 0 Å². The number of carbonyl (C=O) groups excluding carboxylic acids is 1. The van der Waals surface area contributed by atoms with Gasteiger partial charge < -0.3 is 10.2 Å². The summed E-state index contributed by atoms with van der Waals surface area (Å²) >= 11 is 0. The molecule has 3 aromatic rings. The maximum atomic E-state index is 12.5. The van der Waals surface area contributed by atoms with Gasteiger partial charge in [-0.3, -0.25) is 4.79 Å². The number of benzene rings is 2. The highest BCUT2D eigenvalue weighted by Gasteiger charge is 2.19. The molecule has 4 rings (SSSR count). The number of anilines is 3. The number of nitrogens with zero attached hydrogens (tertiary/aromatic N) is 3. The van der Waals surface area contributed by atoms with Crippen molar-refractivity contribution in [2.45, 2.75) is 12.8 Å². The quantitative estimate of drug-likeness (QED) is 0.762. The first-order chi connectivity index (χ1) is 13.3. The molecule has 2 heterocycles. The molecule has 1 N–H and O–H groups in total. The molecule has 132 valence electrons. The summed E-state index contributed by atoms with van der Waals surface area (Å²) in [5.41, 5.74) is 3.88. The number of para-hydroxylation sites is 2. The first kappa shape index (κ1) is 16.8. The van der Waals surface area contributed by atoms with Crippen LogP contribution >= 0.6 is 0 Å². The number of aryl methyl sites for hydroxylation is 1. The van der Waals surface area contributed by atoms with Crippen LogP contribution in [0.5, 0.6) is 0 Å². The monoisotopic (exact) mass is 354 g/mol. The molecule has 0 aliphatic carbocycles. The molecule has 0 fully saturated rings. The van der Waals surface area contributed by atoms with E-state index in [0.29, 0.717) is 16.8 Å². The minimum Gasteiger partial charge on any atom is -0.326 e. The Morgan fingerprint density at radius 2 is 1.89 bits per heavy atom. The minimum absolute atomic E-state index is 0.282. The molecule has 0 radical (unpaired) electrons. The molecule has 1 aliphatic heterocycles. The zero-order valence-electron chi connectivity index (χ0n) is 14.7. The summed E-state index contributed by atoms with van der Waals surface area (Å²) in [7, 11) is 0. The summed E-state index contributed by atoms with van der Waals surface area (Å²) in [5, 5.41) is 11.9. The maximum Gasteiger partial charge on any atom is 0.257 e. The normalized spacial score (nSPS) is 12.8. The van der Waals surface area contributed by atoms with E-state index in [0.717, 1.165) is 25.2 Å². The molecule has 1 aliphatic rings. The summed E-state index contributed by atoms with van der Waals surface area (Å²) < 4.78 is 0. The average molecular weight is 354 g/mol. The van der Waals surface area contributed by atoms with E-state index in [2.05, 4.69) is 39.5 Å². The fourth-order valence-electron chi connectivity index (χ4n) is 3.34. The number of carbonyl (C=O) groups is 1. The third kappa shape index (κ3) is 3.38. The lowest BCUT2D eigenvalue weighted by atomic mass is 10.0. The Morgan fingerprint density at radius 3 is 2.70 bits per heavy atom. The van der Waals surface area contributed by atoms with Gasteiger partial charge >= 0.3 is 0 Å². The molecule has 0 atom stereocenters. The topological polar surface area (TPSA) is 69.0 Å². The van der Waals surface area contributed by atoms with Crippen molar-refractivity contribution in [2.24, 2.45) is 0 Å². The van der Waals surface area contributed by atoms with Crippen molar-refractivity contribution >= 4 is 23.1 Å². The molecule has 0 saturated heterocycles. The van der Waals surface area contributed by atoms with Crippen LogP contribution in [-0.4, -0.2) is 17.4 Å². The Kier molecular flexibility index (Phi) is 4.54. The second-order valence-corrected chi connectivity index (χ2v) is 6.40. The van der Waals surface area contributed by atoms with Crippen molar-refractivity contribution in [1.29, 1.82) is 5.26 Å². The number of hydrogen-bond acceptors (Lipinski definition) is 4. The molecule has 0 bridgehead atoms. The molecule has 0 saturated carbocycles. The smallest absolute Gasteiger partial charge is 0.257 e. The molecule has 1 aromatic heterocycles. The van der Waals surface area contributed by atoms with Crippen LogP contribution in [0.4, 0.5) is 17.2 Å². The lowest BCUT2D eigenvalue weighted by molar-refractivity contribution is 0.102. The number of rotatable bonds is 3. The van der Waals surface area contributed by atoms with Crippen LogP contribution in [0.25, 0.3) is 0 Å². The molecule has 27 heavy (non-hydrogen) atoms. The average Bonchev–Trinajstić information content (AvgIpc) is 2.74. The van der Waals surface area contributed by atoms with Gasteiger partial charge in [0.1, 0.15) is 11.9 Å². The van der Waals surface area contributed by atoms with Gasteiger partial charge in [-0.1, -0.05) is 30.3 Å². The van der Waals surface area contributed by atoms with Crippen LogP contribution in [-0.2, 0) is 6.42 Å². The molecule has 2 aromatic carbocycles. The number of hydrogen-bond donors (Lipinski definition) is 1. The van der Waals surface area contributed by atoms with E-state index in [1.165, 1.54) is 11.3 Å². The predicted molar refractivity (Wildman–Crippen MR) is 105 cm³/mol. The number of fused-ring (bicyclic) bond motifs is 1. The highest BCUT2D eigenvalue weighted by atomic mass is 16.1. The number of nitriles is 1. The van der Waals surface area contributed by atoms with E-state index in [4.69, 9.17) is 5.26 Å². The van der Waals surface area contributed by atoms with Gasteiger partial charge in [0.2, 0.25) is 0 Å². The van der Waals surface area contributed by atoms with Crippen LogP contribution in [0.2, 0.25) is 0 Å². The number of pyridine rings is 1. The maximum absolute atomic E-state index is 12.5. The first-order valence-electron chi connectivity index (χ1n) is 8.88. The van der Waals surface area contributed by atoms with Gasteiger partial charge in [0.15, 0.2) is 0 Å². The summed E-state index contributed by atoms with van der Waals surface area (Å²) in [6.07, 6.45) is 3.73. The summed E-state index contributed by atoms with van der Waals surface area (Å²) in [4.78, 5) is 19.2. The number of amides is 1. The van der Waals surface area contributed by atoms with Gasteiger partial charge in [-0.05, 0) is 48.7 Å². The molecule has 0 spiro atoms. The van der Waals surface area contributed by atoms with Crippen molar-refractivity contribution < 1.29 is 4.79 Å². The first-order valence-corrected chi connectivity index (χ1v) is 8.88. The third-order valence-corrected chi connectivity index (χ3v) is 4.69. The molecule has 5 nitrogen and oxygen atoms in total. The molecular formula is C22H18N4O. The van der Waals surface area contributed by atoms with Gasteiger partial charge in [-0.25, -0.2) is 4.98 Å². The highest BCUT2D eigenvalue weighted by Crippen LogP contribution is 2.32. The zero-order valence-corrected chi connectivity index (χ0v) is 14.7. The van der Waals surface area contributed by atoms with Gasteiger partial charge in [0.05, 0.1) is 16.8 Å². The van der Waals surface area contributed by atoms with Crippen molar-refractivity contribution in [3.8, 4) is 6.07 Å². The second kappa shape index (κ2) is 7.30. The lowest BCUT2D eigenvalue weighted by Crippen LogP contribution is -2.25. The second-order valence-electron chi connectivity index (χ2n) is 6.40. The highest BCUT2D eigenvalue weighted by molar-refractivity contribution is 6.04. The van der Waals surface area contributed by atoms with E-state index in [1.807, 2.05) is 12.1 Å². The standard InChI is InChI=1S/C22H18N4O/c23-14-17-7-1-3-9-19(17)25-22(27)18-11-12-21(24-15-18)26-13-5-8-16-6-2-4-10-20(16)26/h1-4,6-7,9-12,15H,5,8,13H2,(H,25,27). The van der Waals surface area contributed by atoms with E-state index < -0.39 is 0 Å². The molecule has 5 heteroatoms. The van der Waals surface area contributed by atoms with Crippen molar-refractivity contribution in [3.63, 3.8) is 0 Å². The Bertz CT molecular complexity index is 1020. The summed E-state index contributed by atoms with van der Waals surface area (Å²) in [6, 6.07) is 21.0. The molecule has 0 unspecified atom stereocenters. The van der Waals surface area contributed by atoms with Crippen molar-refractivity contribution in [1.82, 2.24) is 4.98 Å². The van der Waals surface area contributed by atoms with Crippen LogP contribution in [0.1, 0.15) is 27.9 Å². The van der Waals surface area contributed by atoms with Gasteiger partial charge in [0, 0.05) is 18.4 Å². The molecular weight excluding hydrogens is 336 g/mol. The minimum atomic E-state index is -0.282. The number of aromatic nitrogens is 1. The van der Waals surface area contributed by atoms with Crippen molar-refractivity contribution in [3.05, 3.63) is 83.6 Å². The fourth-order valence-corrected chi connectivity index (χ4v) is 3.34. The third-order valence-electron chi connectivity index (χ3n) is 4.69. The Morgan fingerprint density at radius 1 is 1.07 bits per heavy atom. The van der Waals surface area contributed by atoms with Crippen LogP contribution < -0.4 is 10.2 Å². The van der Waals surface area contributed by atoms with E-state index in [1.54, 1.807) is 36.5 Å². The van der Waals surface area contributed by atoms with Gasteiger partial charge in [-0.2, -0.15) is 5.26 Å². The van der Waals surface area contributed by atoms with Gasteiger partial charge in [0.25, 0.3) is 5.91 Å². The Labute approximate surface area is 157 Å². The summed E-state index contributed by atoms with van der Waals surface area (Å²) in [5.74, 6) is 0.548.